The maximum absolute atomic E-state index is 12.8. The van der Waals surface area contributed by atoms with E-state index in [0.29, 0.717) is 13.1 Å². The lowest BCUT2D eigenvalue weighted by atomic mass is 9.90. The van der Waals surface area contributed by atoms with Crippen molar-refractivity contribution in [3.8, 4) is 0 Å². The molecule has 2 aromatic heterocycles. The van der Waals surface area contributed by atoms with Gasteiger partial charge in [-0.1, -0.05) is 0 Å². The van der Waals surface area contributed by atoms with Gasteiger partial charge < -0.3 is 10.2 Å². The van der Waals surface area contributed by atoms with Gasteiger partial charge in [0, 0.05) is 44.7 Å². The maximum Gasteiger partial charge on any atom is 0.434 e. The smallest absolute Gasteiger partial charge is 0.339 e. The molecule has 1 aliphatic rings. The van der Waals surface area contributed by atoms with Crippen molar-refractivity contribution in [2.24, 2.45) is 13.0 Å². The number of rotatable bonds is 4. The molecule has 0 spiro atoms. The van der Waals surface area contributed by atoms with Gasteiger partial charge >= 0.3 is 6.18 Å². The molecule has 0 aliphatic carbocycles. The number of hydrogen-bond acceptors (Lipinski definition) is 5. The molecule has 0 saturated carbocycles. The highest BCUT2D eigenvalue weighted by atomic mass is 35.5. The van der Waals surface area contributed by atoms with Crippen molar-refractivity contribution in [2.75, 3.05) is 20.1 Å². The van der Waals surface area contributed by atoms with E-state index in [-0.39, 0.29) is 41.7 Å². The van der Waals surface area contributed by atoms with Gasteiger partial charge in [-0.2, -0.15) is 18.3 Å². The predicted molar refractivity (Wildman–Crippen MR) is 93.1 cm³/mol. The lowest BCUT2D eigenvalue weighted by Crippen LogP contribution is -2.35. The number of aromatic nitrogens is 3. The van der Waals surface area contributed by atoms with Crippen LogP contribution in [0.15, 0.2) is 17.8 Å². The summed E-state index contributed by atoms with van der Waals surface area (Å²) in [5, 5.41) is 8.60. The zero-order valence-corrected chi connectivity index (χ0v) is 15.8. The van der Waals surface area contributed by atoms with E-state index in [0.717, 1.165) is 22.3 Å². The Balaban J connectivity index is 0.00000243. The van der Waals surface area contributed by atoms with E-state index in [9.17, 15) is 18.0 Å². The SMILES string of the molecule is CN(Cc1nc(C(F)(F)F)cs1)C(=O)[C@H]1CNC[C@@H]1c1cnn(C)c1.Cl. The molecule has 0 bridgehead atoms. The van der Waals surface area contributed by atoms with Crippen LogP contribution in [0.2, 0.25) is 0 Å². The molecule has 0 unspecified atom stereocenters. The van der Waals surface area contributed by atoms with Crippen LogP contribution in [0, 0.1) is 5.92 Å². The summed E-state index contributed by atoms with van der Waals surface area (Å²) in [5.74, 6) is -0.371. The average molecular weight is 410 g/mol. The Morgan fingerprint density at radius 1 is 1.46 bits per heavy atom. The fourth-order valence-corrected chi connectivity index (χ4v) is 3.85. The molecule has 3 heterocycles. The van der Waals surface area contributed by atoms with Gasteiger partial charge in [-0.25, -0.2) is 4.98 Å². The Labute approximate surface area is 158 Å². The number of thiazole rings is 1. The number of carbonyl (C=O) groups excluding carboxylic acids is 1. The van der Waals surface area contributed by atoms with Gasteiger partial charge in [0.1, 0.15) is 5.01 Å². The molecule has 26 heavy (non-hydrogen) atoms. The van der Waals surface area contributed by atoms with Crippen LogP contribution in [0.1, 0.15) is 22.2 Å². The highest BCUT2D eigenvalue weighted by Crippen LogP contribution is 2.31. The predicted octanol–water partition coefficient (Wildman–Crippen LogP) is 2.28. The third-order valence-corrected chi connectivity index (χ3v) is 5.11. The summed E-state index contributed by atoms with van der Waals surface area (Å²) < 4.78 is 39.6. The first-order valence-electron chi connectivity index (χ1n) is 7.71. The number of hydrogen-bond donors (Lipinski definition) is 1. The molecule has 0 aromatic carbocycles. The third kappa shape index (κ3) is 4.36. The van der Waals surface area contributed by atoms with Crippen LogP contribution in [0.4, 0.5) is 13.2 Å². The molecule has 1 amide bonds. The Hall–Kier alpha value is -1.65. The molecule has 0 radical (unpaired) electrons. The first-order valence-corrected chi connectivity index (χ1v) is 8.59. The van der Waals surface area contributed by atoms with Crippen LogP contribution in [0.5, 0.6) is 0 Å². The van der Waals surface area contributed by atoms with E-state index in [1.165, 1.54) is 4.90 Å². The second-order valence-corrected chi connectivity index (χ2v) is 7.08. The van der Waals surface area contributed by atoms with Gasteiger partial charge in [0.2, 0.25) is 5.91 Å². The van der Waals surface area contributed by atoms with Gasteiger partial charge in [0.15, 0.2) is 5.69 Å². The minimum absolute atomic E-state index is 0. The minimum atomic E-state index is -4.46. The molecule has 2 aromatic rings. The summed E-state index contributed by atoms with van der Waals surface area (Å²) >= 11 is 0.911. The Kier molecular flexibility index (Phi) is 6.30. The molecular weight excluding hydrogens is 391 g/mol. The second-order valence-electron chi connectivity index (χ2n) is 6.14. The van der Waals surface area contributed by atoms with Crippen LogP contribution >= 0.6 is 23.7 Å². The highest BCUT2D eigenvalue weighted by Gasteiger charge is 2.37. The molecule has 11 heteroatoms. The van der Waals surface area contributed by atoms with E-state index in [4.69, 9.17) is 0 Å². The van der Waals surface area contributed by atoms with Crippen molar-refractivity contribution < 1.29 is 18.0 Å². The van der Waals surface area contributed by atoms with E-state index >= 15 is 0 Å². The first kappa shape index (κ1) is 20.7. The number of alkyl halides is 3. The number of amides is 1. The number of aryl methyl sites for hydroxylation is 1. The van der Waals surface area contributed by atoms with E-state index in [2.05, 4.69) is 15.4 Å². The van der Waals surface area contributed by atoms with E-state index in [1.54, 1.807) is 17.9 Å². The lowest BCUT2D eigenvalue weighted by molar-refractivity contribution is -0.140. The summed E-state index contributed by atoms with van der Waals surface area (Å²) in [6.45, 7) is 1.27. The summed E-state index contributed by atoms with van der Waals surface area (Å²) in [7, 11) is 3.41. The monoisotopic (exact) mass is 409 g/mol. The molecule has 1 fully saturated rings. The Morgan fingerprint density at radius 3 is 2.77 bits per heavy atom. The van der Waals surface area contributed by atoms with Gasteiger partial charge in [-0.05, 0) is 5.56 Å². The number of halogens is 4. The van der Waals surface area contributed by atoms with Crippen molar-refractivity contribution in [3.63, 3.8) is 0 Å². The largest absolute Gasteiger partial charge is 0.434 e. The molecule has 1 saturated heterocycles. The second kappa shape index (κ2) is 7.93. The Morgan fingerprint density at radius 2 is 2.19 bits per heavy atom. The standard InChI is InChI=1S/C15H18F3N5OS.ClH/c1-22(7-13-21-12(8-25-13)15(16,17)18)14(24)11-5-19-4-10(11)9-3-20-23(2)6-9;/h3,6,8,10-11,19H,4-5,7H2,1-2H3;1H/t10-,11+;/m1./s1. The summed E-state index contributed by atoms with van der Waals surface area (Å²) in [5.41, 5.74) is 0.0666. The minimum Gasteiger partial charge on any atom is -0.339 e. The molecule has 144 valence electrons. The Bertz CT molecular complexity index is 763. The molecule has 6 nitrogen and oxygen atoms in total. The van der Waals surface area contributed by atoms with Crippen LogP contribution in [-0.2, 0) is 24.6 Å². The van der Waals surface area contributed by atoms with Gasteiger partial charge in [-0.15, -0.1) is 23.7 Å². The van der Waals surface area contributed by atoms with Gasteiger partial charge in [0.05, 0.1) is 18.7 Å². The highest BCUT2D eigenvalue weighted by molar-refractivity contribution is 7.09. The fourth-order valence-electron chi connectivity index (χ4n) is 3.00. The summed E-state index contributed by atoms with van der Waals surface area (Å²) in [4.78, 5) is 17.8. The van der Waals surface area contributed by atoms with Crippen LogP contribution in [0.3, 0.4) is 0 Å². The van der Waals surface area contributed by atoms with Crippen LogP contribution in [0.25, 0.3) is 0 Å². The third-order valence-electron chi connectivity index (χ3n) is 4.28. The van der Waals surface area contributed by atoms with Crippen molar-refractivity contribution in [1.82, 2.24) is 25.0 Å². The van der Waals surface area contributed by atoms with Crippen molar-refractivity contribution >= 4 is 29.7 Å². The molecule has 1 N–H and O–H groups in total. The lowest BCUT2D eigenvalue weighted by Gasteiger charge is -2.23. The topological polar surface area (TPSA) is 63.1 Å². The number of carbonyl (C=O) groups is 1. The van der Waals surface area contributed by atoms with Crippen LogP contribution < -0.4 is 5.32 Å². The van der Waals surface area contributed by atoms with Gasteiger partial charge in [-0.3, -0.25) is 9.48 Å². The molecular formula is C15H19ClF3N5OS. The number of nitrogens with zero attached hydrogens (tertiary/aromatic N) is 4. The molecule has 2 atom stereocenters. The molecule has 1 aliphatic heterocycles. The first-order chi connectivity index (χ1) is 11.8. The van der Waals surface area contributed by atoms with Crippen molar-refractivity contribution in [3.05, 3.63) is 34.0 Å². The maximum atomic E-state index is 12.8. The average Bonchev–Trinajstić information content (AvgIpc) is 3.24. The van der Waals surface area contributed by atoms with E-state index in [1.807, 2.05) is 13.2 Å². The number of nitrogens with one attached hydrogen (secondary N) is 1. The summed E-state index contributed by atoms with van der Waals surface area (Å²) in [6, 6.07) is 0. The van der Waals surface area contributed by atoms with Crippen molar-refractivity contribution in [1.29, 1.82) is 0 Å². The quantitative estimate of drug-likeness (QED) is 0.841. The fraction of sp³-hybridized carbons (Fsp3) is 0.533. The molecule has 3 rings (SSSR count). The normalized spacial score (nSPS) is 20.0. The zero-order valence-electron chi connectivity index (χ0n) is 14.2. The van der Waals surface area contributed by atoms with Crippen molar-refractivity contribution in [2.45, 2.75) is 18.6 Å². The summed E-state index contributed by atoms with van der Waals surface area (Å²) in [6.07, 6.45) is -0.832. The van der Waals surface area contributed by atoms with Gasteiger partial charge in [0.25, 0.3) is 0 Å². The van der Waals surface area contributed by atoms with Crippen LogP contribution in [-0.4, -0.2) is 45.7 Å². The van der Waals surface area contributed by atoms with E-state index < -0.39 is 11.9 Å². The zero-order chi connectivity index (χ0) is 18.2.